The highest BCUT2D eigenvalue weighted by Gasteiger charge is 2.60. The molecule has 3 aromatic rings. The number of pyridine rings is 1. The molecule has 0 N–H and O–H groups in total. The molecule has 2 aliphatic heterocycles. The van der Waals surface area contributed by atoms with Gasteiger partial charge >= 0.3 is 0 Å². The molecule has 1 atom stereocenters. The zero-order valence-corrected chi connectivity index (χ0v) is 14.9. The lowest BCUT2D eigenvalue weighted by Crippen LogP contribution is -2.51. The van der Waals surface area contributed by atoms with E-state index in [2.05, 4.69) is 4.98 Å². The minimum Gasteiger partial charge on any atom is -0.306 e. The Morgan fingerprint density at radius 2 is 1.71 bits per heavy atom. The van der Waals surface area contributed by atoms with Crippen molar-refractivity contribution in [2.75, 3.05) is 13.1 Å². The minimum atomic E-state index is -1.05. The molecule has 1 aromatic heterocycles. The van der Waals surface area contributed by atoms with E-state index in [1.54, 1.807) is 22.1 Å². The van der Waals surface area contributed by atoms with E-state index in [0.29, 0.717) is 29.9 Å². The van der Waals surface area contributed by atoms with Crippen LogP contribution in [0.15, 0.2) is 72.9 Å². The summed E-state index contributed by atoms with van der Waals surface area (Å²) in [6, 6.07) is 18.6. The number of amides is 2. The molecule has 1 saturated heterocycles. The Balaban J connectivity index is 1.74. The fraction of sp³-hybridized carbons (Fsp3) is 0.136. The maximum atomic E-state index is 13.4. The summed E-state index contributed by atoms with van der Waals surface area (Å²) >= 11 is 0. The monoisotopic (exact) mass is 373 g/mol. The van der Waals surface area contributed by atoms with Crippen molar-refractivity contribution < 1.29 is 14.0 Å². The van der Waals surface area contributed by atoms with Crippen molar-refractivity contribution in [1.29, 1.82) is 0 Å². The lowest BCUT2D eigenvalue weighted by Gasteiger charge is -2.40. The Labute approximate surface area is 161 Å². The van der Waals surface area contributed by atoms with Gasteiger partial charge in [0.2, 0.25) is 0 Å². The van der Waals surface area contributed by atoms with Crippen molar-refractivity contribution in [3.05, 3.63) is 101 Å². The van der Waals surface area contributed by atoms with Crippen molar-refractivity contribution in [2.24, 2.45) is 0 Å². The van der Waals surface area contributed by atoms with Gasteiger partial charge in [-0.1, -0.05) is 36.4 Å². The molecule has 0 saturated carbocycles. The number of rotatable bonds is 2. The molecular weight excluding hydrogens is 357 g/mol. The van der Waals surface area contributed by atoms with Gasteiger partial charge in [-0.2, -0.15) is 0 Å². The Morgan fingerprint density at radius 3 is 2.46 bits per heavy atom. The van der Waals surface area contributed by atoms with Crippen LogP contribution in [-0.2, 0) is 5.66 Å². The quantitative estimate of drug-likeness (QED) is 0.694. The number of carbonyl (C=O) groups excluding carboxylic acids is 2. The molecule has 2 aliphatic rings. The predicted molar refractivity (Wildman–Crippen MR) is 99.9 cm³/mol. The highest BCUT2D eigenvalue weighted by molar-refractivity contribution is 6.02. The van der Waals surface area contributed by atoms with Gasteiger partial charge in [-0.05, 0) is 30.3 Å². The zero-order chi connectivity index (χ0) is 19.3. The highest BCUT2D eigenvalue weighted by Crippen LogP contribution is 2.49. The second-order valence-corrected chi connectivity index (χ2v) is 6.86. The van der Waals surface area contributed by atoms with Gasteiger partial charge in [0, 0.05) is 36.0 Å². The van der Waals surface area contributed by atoms with Crippen LogP contribution in [0.2, 0.25) is 0 Å². The molecule has 1 unspecified atom stereocenters. The van der Waals surface area contributed by atoms with Gasteiger partial charge in [-0.25, -0.2) is 4.39 Å². The molecular formula is C22H16FN3O2. The molecule has 5 nitrogen and oxygen atoms in total. The molecule has 138 valence electrons. The Kier molecular flexibility index (Phi) is 3.55. The van der Waals surface area contributed by atoms with E-state index >= 15 is 0 Å². The average Bonchev–Trinajstić information content (AvgIpc) is 3.25. The first kappa shape index (κ1) is 16.6. The van der Waals surface area contributed by atoms with Crippen LogP contribution in [0, 0.1) is 5.82 Å². The Hall–Kier alpha value is -3.54. The zero-order valence-electron chi connectivity index (χ0n) is 14.9. The van der Waals surface area contributed by atoms with Crippen LogP contribution in [0.3, 0.4) is 0 Å². The summed E-state index contributed by atoms with van der Waals surface area (Å²) in [5.41, 5.74) is 1.21. The second-order valence-electron chi connectivity index (χ2n) is 6.86. The van der Waals surface area contributed by atoms with Gasteiger partial charge in [-0.3, -0.25) is 14.6 Å². The molecule has 2 amide bonds. The number of hydrogen-bond donors (Lipinski definition) is 0. The predicted octanol–water partition coefficient (Wildman–Crippen LogP) is 3.03. The topological polar surface area (TPSA) is 53.5 Å². The first-order valence-electron chi connectivity index (χ1n) is 9.04. The van der Waals surface area contributed by atoms with E-state index in [1.165, 1.54) is 24.3 Å². The molecule has 5 rings (SSSR count). The molecule has 0 aliphatic carbocycles. The summed E-state index contributed by atoms with van der Waals surface area (Å²) in [5.74, 6) is -0.840. The van der Waals surface area contributed by atoms with Crippen LogP contribution in [0.1, 0.15) is 32.0 Å². The second kappa shape index (κ2) is 5.99. The molecule has 0 spiro atoms. The minimum absolute atomic E-state index is 0.186. The van der Waals surface area contributed by atoms with E-state index in [9.17, 15) is 14.0 Å². The standard InChI is InChI=1S/C22H16FN3O2/c23-17-10-8-15(9-11-17)20(27)25-13-14-26-21(28)19-18(7-4-12-24-19)22(25,26)16-5-2-1-3-6-16/h1-12H,13-14H2. The van der Waals surface area contributed by atoms with Crippen LogP contribution in [-0.4, -0.2) is 39.7 Å². The van der Waals surface area contributed by atoms with Gasteiger partial charge in [0.15, 0.2) is 5.66 Å². The lowest BCUT2D eigenvalue weighted by molar-refractivity contribution is 0.0375. The number of aromatic nitrogens is 1. The number of fused-ring (bicyclic) bond motifs is 3. The smallest absolute Gasteiger partial charge is 0.275 e. The molecule has 2 aromatic carbocycles. The van der Waals surface area contributed by atoms with Crippen LogP contribution >= 0.6 is 0 Å². The first-order chi connectivity index (χ1) is 13.6. The number of nitrogens with zero attached hydrogens (tertiary/aromatic N) is 3. The van der Waals surface area contributed by atoms with Crippen LogP contribution < -0.4 is 0 Å². The number of benzene rings is 2. The largest absolute Gasteiger partial charge is 0.306 e. The summed E-state index contributed by atoms with van der Waals surface area (Å²) in [6.45, 7) is 0.780. The number of carbonyl (C=O) groups is 2. The van der Waals surface area contributed by atoms with Crippen molar-refractivity contribution in [3.8, 4) is 0 Å². The van der Waals surface area contributed by atoms with Crippen molar-refractivity contribution in [2.45, 2.75) is 5.66 Å². The highest BCUT2D eigenvalue weighted by atomic mass is 19.1. The summed E-state index contributed by atoms with van der Waals surface area (Å²) in [4.78, 5) is 34.2. The van der Waals surface area contributed by atoms with E-state index in [-0.39, 0.29) is 11.8 Å². The van der Waals surface area contributed by atoms with Crippen molar-refractivity contribution >= 4 is 11.8 Å². The normalized spacial score (nSPS) is 20.2. The molecule has 0 bridgehead atoms. The van der Waals surface area contributed by atoms with Gasteiger partial charge in [0.1, 0.15) is 11.5 Å². The molecule has 6 heteroatoms. The van der Waals surface area contributed by atoms with Gasteiger partial charge in [0.25, 0.3) is 11.8 Å². The third-order valence-electron chi connectivity index (χ3n) is 5.47. The van der Waals surface area contributed by atoms with E-state index in [0.717, 1.165) is 5.56 Å². The Bertz CT molecular complexity index is 1080. The lowest BCUT2D eigenvalue weighted by atomic mass is 9.91. The maximum Gasteiger partial charge on any atom is 0.275 e. The summed E-state index contributed by atoms with van der Waals surface area (Å²) in [7, 11) is 0. The van der Waals surface area contributed by atoms with Crippen LogP contribution in [0.5, 0.6) is 0 Å². The van der Waals surface area contributed by atoms with E-state index in [1.807, 2.05) is 36.4 Å². The maximum absolute atomic E-state index is 13.4. The number of halogens is 1. The summed E-state index contributed by atoms with van der Waals surface area (Å²) < 4.78 is 13.3. The SMILES string of the molecule is O=C(c1ccc(F)cc1)N1CCN2C(=O)c3ncccc3C12c1ccccc1. The molecule has 3 heterocycles. The third-order valence-corrected chi connectivity index (χ3v) is 5.47. The van der Waals surface area contributed by atoms with Crippen LogP contribution in [0.4, 0.5) is 4.39 Å². The number of hydrogen-bond acceptors (Lipinski definition) is 3. The fourth-order valence-electron chi connectivity index (χ4n) is 4.33. The third kappa shape index (κ3) is 2.08. The summed E-state index contributed by atoms with van der Waals surface area (Å²) in [5, 5.41) is 0. The molecule has 0 radical (unpaired) electrons. The summed E-state index contributed by atoms with van der Waals surface area (Å²) in [6.07, 6.45) is 1.59. The van der Waals surface area contributed by atoms with Crippen molar-refractivity contribution in [3.63, 3.8) is 0 Å². The fourth-order valence-corrected chi connectivity index (χ4v) is 4.33. The molecule has 28 heavy (non-hydrogen) atoms. The first-order valence-corrected chi connectivity index (χ1v) is 9.04. The van der Waals surface area contributed by atoms with E-state index < -0.39 is 11.5 Å². The van der Waals surface area contributed by atoms with Gasteiger partial charge in [-0.15, -0.1) is 0 Å². The average molecular weight is 373 g/mol. The van der Waals surface area contributed by atoms with Gasteiger partial charge in [0.05, 0.1) is 0 Å². The molecule has 1 fully saturated rings. The van der Waals surface area contributed by atoms with E-state index in [4.69, 9.17) is 0 Å². The Morgan fingerprint density at radius 1 is 0.964 bits per heavy atom. The van der Waals surface area contributed by atoms with Gasteiger partial charge < -0.3 is 9.80 Å². The van der Waals surface area contributed by atoms with Crippen molar-refractivity contribution in [1.82, 2.24) is 14.8 Å². The van der Waals surface area contributed by atoms with Crippen LogP contribution in [0.25, 0.3) is 0 Å².